The Labute approximate surface area is 338 Å². The second kappa shape index (κ2) is 42.9. The van der Waals surface area contributed by atoms with Crippen LogP contribution in [0, 0.1) is 11.8 Å². The Morgan fingerprint density at radius 1 is 0.519 bits per heavy atom. The Kier molecular flexibility index (Phi) is 42.0. The lowest BCUT2D eigenvalue weighted by Crippen LogP contribution is -2.28. The molecule has 0 amide bonds. The van der Waals surface area contributed by atoms with Gasteiger partial charge in [-0.15, -0.1) is 0 Å². The minimum atomic E-state index is 0.0456. The number of ketones is 1. The number of esters is 1. The van der Waals surface area contributed by atoms with E-state index in [1.807, 2.05) is 0 Å². The highest BCUT2D eigenvalue weighted by molar-refractivity contribution is 5.80. The van der Waals surface area contributed by atoms with Gasteiger partial charge >= 0.3 is 5.97 Å². The molecule has 5 nitrogen and oxygen atoms in total. The quantitative estimate of drug-likeness (QED) is 0.0380. The lowest BCUT2D eigenvalue weighted by Gasteiger charge is -2.22. The van der Waals surface area contributed by atoms with E-state index in [1.54, 1.807) is 0 Å². The maximum Gasteiger partial charge on any atom is 0.308 e. The van der Waals surface area contributed by atoms with Crippen molar-refractivity contribution in [2.75, 3.05) is 32.8 Å². The molecule has 0 heterocycles. The van der Waals surface area contributed by atoms with Crippen LogP contribution in [0.15, 0.2) is 12.2 Å². The van der Waals surface area contributed by atoms with Gasteiger partial charge in [-0.25, -0.2) is 0 Å². The molecule has 0 aliphatic heterocycles. The van der Waals surface area contributed by atoms with Crippen molar-refractivity contribution in [2.24, 2.45) is 11.8 Å². The first-order valence-corrected chi connectivity index (χ1v) is 24.2. The monoisotopic (exact) mass is 762 g/mol. The summed E-state index contributed by atoms with van der Waals surface area (Å²) in [5.41, 5.74) is 0. The SMILES string of the molecule is C/C=C/CCCCCC(CCCCCC)C(=O)OCCCCCCN(CCCO)CCCCCCCCC(=O)C(CCCCCC)CCCCCCCC. The van der Waals surface area contributed by atoms with Gasteiger partial charge in [0.2, 0.25) is 0 Å². The number of carbonyl (C=O) groups excluding carboxylic acids is 2. The molecule has 0 aromatic rings. The number of Topliss-reactive ketones (excluding diaryl/α,β-unsaturated/α-hetero) is 1. The van der Waals surface area contributed by atoms with Crippen molar-refractivity contribution >= 4 is 11.8 Å². The topological polar surface area (TPSA) is 66.8 Å². The van der Waals surface area contributed by atoms with Crippen LogP contribution in [0.2, 0.25) is 0 Å². The van der Waals surface area contributed by atoms with Crippen LogP contribution in [0.3, 0.4) is 0 Å². The van der Waals surface area contributed by atoms with E-state index in [0.717, 1.165) is 103 Å². The molecular formula is C49H95NO4. The van der Waals surface area contributed by atoms with Gasteiger partial charge in [-0.3, -0.25) is 9.59 Å². The van der Waals surface area contributed by atoms with E-state index in [-0.39, 0.29) is 18.5 Å². The third kappa shape index (κ3) is 35.2. The molecule has 0 saturated carbocycles. The van der Waals surface area contributed by atoms with Crippen LogP contribution in [-0.2, 0) is 14.3 Å². The minimum absolute atomic E-state index is 0.0456. The summed E-state index contributed by atoms with van der Waals surface area (Å²) in [7, 11) is 0. The molecule has 0 radical (unpaired) electrons. The highest BCUT2D eigenvalue weighted by atomic mass is 16.5. The van der Waals surface area contributed by atoms with E-state index in [2.05, 4.69) is 44.7 Å². The van der Waals surface area contributed by atoms with Crippen molar-refractivity contribution in [3.8, 4) is 0 Å². The molecule has 0 saturated heterocycles. The largest absolute Gasteiger partial charge is 0.465 e. The van der Waals surface area contributed by atoms with E-state index in [0.29, 0.717) is 18.3 Å². The molecule has 0 aliphatic rings. The number of nitrogens with zero attached hydrogens (tertiary/aromatic N) is 1. The Morgan fingerprint density at radius 3 is 1.48 bits per heavy atom. The lowest BCUT2D eigenvalue weighted by molar-refractivity contribution is -0.149. The summed E-state index contributed by atoms with van der Waals surface area (Å²) >= 11 is 0. The van der Waals surface area contributed by atoms with Crippen LogP contribution >= 0.6 is 0 Å². The molecule has 1 N–H and O–H groups in total. The van der Waals surface area contributed by atoms with E-state index in [1.165, 1.54) is 135 Å². The van der Waals surface area contributed by atoms with Crippen molar-refractivity contribution in [3.63, 3.8) is 0 Å². The number of hydrogen-bond donors (Lipinski definition) is 1. The van der Waals surface area contributed by atoms with Crippen LogP contribution in [0.5, 0.6) is 0 Å². The summed E-state index contributed by atoms with van der Waals surface area (Å²) < 4.78 is 5.80. The molecule has 54 heavy (non-hydrogen) atoms. The Morgan fingerprint density at radius 2 is 0.944 bits per heavy atom. The molecule has 0 rings (SSSR count). The average molecular weight is 762 g/mol. The highest BCUT2D eigenvalue weighted by Gasteiger charge is 2.20. The first-order chi connectivity index (χ1) is 26.5. The fourth-order valence-corrected chi connectivity index (χ4v) is 7.91. The summed E-state index contributed by atoms with van der Waals surface area (Å²) in [5.74, 6) is 0.995. The summed E-state index contributed by atoms with van der Waals surface area (Å²) in [6, 6.07) is 0. The van der Waals surface area contributed by atoms with Gasteiger partial charge in [0.1, 0.15) is 5.78 Å². The zero-order valence-electron chi connectivity index (χ0n) is 37.0. The fraction of sp³-hybridized carbons (Fsp3) is 0.918. The molecule has 0 aromatic heterocycles. The van der Waals surface area contributed by atoms with Crippen LogP contribution < -0.4 is 0 Å². The summed E-state index contributed by atoms with van der Waals surface area (Å²) in [6.45, 7) is 12.9. The normalized spacial score (nSPS) is 12.9. The van der Waals surface area contributed by atoms with Crippen molar-refractivity contribution in [1.82, 2.24) is 4.90 Å². The first kappa shape index (κ1) is 52.8. The Hall–Kier alpha value is -1.20. The zero-order valence-corrected chi connectivity index (χ0v) is 37.0. The lowest BCUT2D eigenvalue weighted by atomic mass is 9.88. The van der Waals surface area contributed by atoms with Crippen molar-refractivity contribution in [2.45, 2.75) is 246 Å². The smallest absolute Gasteiger partial charge is 0.308 e. The van der Waals surface area contributed by atoms with Crippen LogP contribution in [0.1, 0.15) is 246 Å². The van der Waals surface area contributed by atoms with Gasteiger partial charge in [-0.1, -0.05) is 174 Å². The summed E-state index contributed by atoms with van der Waals surface area (Å²) in [4.78, 5) is 28.6. The maximum absolute atomic E-state index is 13.1. The van der Waals surface area contributed by atoms with Crippen LogP contribution in [0.25, 0.3) is 0 Å². The molecule has 0 spiro atoms. The number of aliphatic hydroxyl groups excluding tert-OH is 1. The van der Waals surface area contributed by atoms with Gasteiger partial charge in [-0.2, -0.15) is 0 Å². The Balaban J connectivity index is 4.25. The Bertz CT molecular complexity index is 814. The number of unbranched alkanes of at least 4 members (excludes halogenated alkanes) is 22. The first-order valence-electron chi connectivity index (χ1n) is 24.2. The van der Waals surface area contributed by atoms with E-state index < -0.39 is 0 Å². The van der Waals surface area contributed by atoms with Crippen molar-refractivity contribution in [1.29, 1.82) is 0 Å². The predicted molar refractivity (Wildman–Crippen MR) is 235 cm³/mol. The predicted octanol–water partition coefficient (Wildman–Crippen LogP) is 14.5. The second-order valence-corrected chi connectivity index (χ2v) is 16.7. The molecule has 320 valence electrons. The van der Waals surface area contributed by atoms with Gasteiger partial charge in [0.25, 0.3) is 0 Å². The molecule has 0 fully saturated rings. The molecule has 2 atom stereocenters. The van der Waals surface area contributed by atoms with E-state index in [9.17, 15) is 14.7 Å². The molecule has 0 bridgehead atoms. The number of ether oxygens (including phenoxy) is 1. The third-order valence-corrected chi connectivity index (χ3v) is 11.6. The van der Waals surface area contributed by atoms with Crippen LogP contribution in [-0.4, -0.2) is 54.6 Å². The van der Waals surface area contributed by atoms with Crippen LogP contribution in [0.4, 0.5) is 0 Å². The fourth-order valence-electron chi connectivity index (χ4n) is 7.91. The van der Waals surface area contributed by atoms with Gasteiger partial charge in [0.05, 0.1) is 12.5 Å². The van der Waals surface area contributed by atoms with Crippen molar-refractivity contribution < 1.29 is 19.4 Å². The minimum Gasteiger partial charge on any atom is -0.465 e. The molecule has 2 unspecified atom stereocenters. The molecular weight excluding hydrogens is 667 g/mol. The maximum atomic E-state index is 13.1. The number of hydrogen-bond acceptors (Lipinski definition) is 5. The average Bonchev–Trinajstić information content (AvgIpc) is 3.18. The summed E-state index contributed by atoms with van der Waals surface area (Å²) in [6.07, 6.45) is 44.3. The van der Waals surface area contributed by atoms with E-state index >= 15 is 0 Å². The number of allylic oxidation sites excluding steroid dienone is 2. The molecule has 0 aliphatic carbocycles. The van der Waals surface area contributed by atoms with E-state index in [4.69, 9.17) is 4.74 Å². The molecule has 5 heteroatoms. The van der Waals surface area contributed by atoms with Gasteiger partial charge in [-0.05, 0) is 90.6 Å². The number of carbonyl (C=O) groups is 2. The third-order valence-electron chi connectivity index (χ3n) is 11.6. The van der Waals surface area contributed by atoms with Gasteiger partial charge in [0.15, 0.2) is 0 Å². The number of rotatable bonds is 44. The standard InChI is InChI=1S/C49H95NO4/c1-5-9-13-17-21-29-37-46(36-27-15-11-7-3)48(52)40-31-23-19-20-24-32-41-50(43-35-44-51)42-33-25-26-34-45-54-49(53)47(38-28-16-12-8-4)39-30-22-18-14-10-6-2/h6,10,46-47,51H,5,7-9,11-45H2,1-4H3/b10-6+. The van der Waals surface area contributed by atoms with Gasteiger partial charge in [0, 0.05) is 25.5 Å². The highest BCUT2D eigenvalue weighted by Crippen LogP contribution is 2.23. The summed E-state index contributed by atoms with van der Waals surface area (Å²) in [5, 5.41) is 9.45. The zero-order chi connectivity index (χ0) is 39.6. The second-order valence-electron chi connectivity index (χ2n) is 16.7. The van der Waals surface area contributed by atoms with Gasteiger partial charge < -0.3 is 14.7 Å². The molecule has 0 aromatic carbocycles. The van der Waals surface area contributed by atoms with Crippen molar-refractivity contribution in [3.05, 3.63) is 12.2 Å². The number of aliphatic hydroxyl groups is 1.